The third kappa shape index (κ3) is 1.90. The molecule has 1 aromatic rings. The Hall–Kier alpha value is -1.29. The van der Waals surface area contributed by atoms with Crippen molar-refractivity contribution in [1.82, 2.24) is 0 Å². The Balaban J connectivity index is 2.30. The molecule has 1 aromatic carbocycles. The lowest BCUT2D eigenvalue weighted by Crippen LogP contribution is -2.04. The van der Waals surface area contributed by atoms with Gasteiger partial charge in [-0.15, -0.1) is 0 Å². The van der Waals surface area contributed by atoms with Crippen molar-refractivity contribution in [2.45, 2.75) is 19.3 Å². The summed E-state index contributed by atoms with van der Waals surface area (Å²) in [6.45, 7) is 2.71. The van der Waals surface area contributed by atoms with Crippen LogP contribution in [-0.4, -0.2) is 13.3 Å². The predicted octanol–water partition coefficient (Wildman–Crippen LogP) is 2.01. The maximum Gasteiger partial charge on any atom is 0.231 e. The van der Waals surface area contributed by atoms with Crippen LogP contribution < -0.4 is 15.2 Å². The van der Waals surface area contributed by atoms with Crippen LogP contribution in [0.2, 0.25) is 0 Å². The maximum atomic E-state index is 13.5. The molecule has 0 bridgehead atoms. The zero-order chi connectivity index (χ0) is 10.8. The van der Waals surface area contributed by atoms with E-state index in [1.165, 1.54) is 6.07 Å². The Kier molecular flexibility index (Phi) is 2.77. The van der Waals surface area contributed by atoms with Crippen LogP contribution in [0.5, 0.6) is 11.5 Å². The highest BCUT2D eigenvalue weighted by Crippen LogP contribution is 2.37. The minimum absolute atomic E-state index is 0.0982. The summed E-state index contributed by atoms with van der Waals surface area (Å²) in [7, 11) is 0. The Labute approximate surface area is 88.0 Å². The van der Waals surface area contributed by atoms with Gasteiger partial charge < -0.3 is 15.2 Å². The van der Waals surface area contributed by atoms with Crippen LogP contribution in [0.1, 0.15) is 24.8 Å². The molecular weight excluding hydrogens is 197 g/mol. The summed E-state index contributed by atoms with van der Waals surface area (Å²) in [6, 6.07) is 3.32. The standard InChI is InChI=1S/C11H14FNO2/c1-7(2-3-13)8-4-9(12)11-10(5-8)14-6-15-11/h4-5,7H,2-3,6,13H2,1H3. The fraction of sp³-hybridized carbons (Fsp3) is 0.455. The summed E-state index contributed by atoms with van der Waals surface area (Å²) in [6.07, 6.45) is 0.832. The van der Waals surface area contributed by atoms with E-state index < -0.39 is 0 Å². The van der Waals surface area contributed by atoms with Gasteiger partial charge in [0.05, 0.1) is 0 Å². The Morgan fingerprint density at radius 2 is 2.27 bits per heavy atom. The molecular formula is C11H14FNO2. The Bertz CT molecular complexity index is 368. The number of hydrogen-bond donors (Lipinski definition) is 1. The number of halogens is 1. The monoisotopic (exact) mass is 211 g/mol. The molecule has 0 aliphatic carbocycles. The summed E-state index contributed by atoms with van der Waals surface area (Å²) in [4.78, 5) is 0. The molecule has 15 heavy (non-hydrogen) atoms. The second-order valence-corrected chi connectivity index (χ2v) is 3.71. The van der Waals surface area contributed by atoms with Gasteiger partial charge in [0.1, 0.15) is 0 Å². The SMILES string of the molecule is CC(CCN)c1cc(F)c2c(c1)OCO2. The van der Waals surface area contributed by atoms with Gasteiger partial charge in [-0.1, -0.05) is 6.92 Å². The lowest BCUT2D eigenvalue weighted by Gasteiger charge is -2.11. The van der Waals surface area contributed by atoms with Crippen molar-refractivity contribution in [3.8, 4) is 11.5 Å². The van der Waals surface area contributed by atoms with E-state index in [2.05, 4.69) is 0 Å². The summed E-state index contributed by atoms with van der Waals surface area (Å²) in [5, 5.41) is 0. The molecule has 0 saturated carbocycles. The van der Waals surface area contributed by atoms with Crippen molar-refractivity contribution in [3.05, 3.63) is 23.5 Å². The van der Waals surface area contributed by atoms with E-state index in [1.54, 1.807) is 0 Å². The summed E-state index contributed by atoms with van der Waals surface area (Å²) in [5.74, 6) is 0.593. The zero-order valence-corrected chi connectivity index (χ0v) is 8.63. The highest BCUT2D eigenvalue weighted by Gasteiger charge is 2.20. The number of benzene rings is 1. The molecule has 3 nitrogen and oxygen atoms in total. The van der Waals surface area contributed by atoms with E-state index in [-0.39, 0.29) is 24.3 Å². The van der Waals surface area contributed by atoms with Crippen molar-refractivity contribution in [2.24, 2.45) is 5.73 Å². The highest BCUT2D eigenvalue weighted by atomic mass is 19.1. The number of hydrogen-bond acceptors (Lipinski definition) is 3. The third-order valence-corrected chi connectivity index (χ3v) is 2.62. The fourth-order valence-corrected chi connectivity index (χ4v) is 1.69. The minimum Gasteiger partial charge on any atom is -0.453 e. The highest BCUT2D eigenvalue weighted by molar-refractivity contribution is 5.46. The second kappa shape index (κ2) is 4.06. The van der Waals surface area contributed by atoms with Crippen LogP contribution >= 0.6 is 0 Å². The summed E-state index contributed by atoms with van der Waals surface area (Å²) >= 11 is 0. The molecule has 2 N–H and O–H groups in total. The number of ether oxygens (including phenoxy) is 2. The van der Waals surface area contributed by atoms with E-state index in [0.29, 0.717) is 12.3 Å². The van der Waals surface area contributed by atoms with Crippen LogP contribution in [-0.2, 0) is 0 Å². The molecule has 0 aromatic heterocycles. The minimum atomic E-state index is -0.358. The molecule has 0 saturated heterocycles. The van der Waals surface area contributed by atoms with E-state index in [4.69, 9.17) is 15.2 Å². The van der Waals surface area contributed by atoms with E-state index >= 15 is 0 Å². The van der Waals surface area contributed by atoms with Crippen LogP contribution in [0.3, 0.4) is 0 Å². The van der Waals surface area contributed by atoms with E-state index in [1.807, 2.05) is 13.0 Å². The molecule has 4 heteroatoms. The van der Waals surface area contributed by atoms with Gasteiger partial charge in [0.25, 0.3) is 0 Å². The molecule has 1 aliphatic rings. The lowest BCUT2D eigenvalue weighted by atomic mass is 9.97. The molecule has 0 amide bonds. The van der Waals surface area contributed by atoms with Gasteiger partial charge in [0, 0.05) is 0 Å². The maximum absolute atomic E-state index is 13.5. The first kappa shape index (κ1) is 10.2. The van der Waals surface area contributed by atoms with Gasteiger partial charge in [-0.2, -0.15) is 0 Å². The van der Waals surface area contributed by atoms with Crippen molar-refractivity contribution in [1.29, 1.82) is 0 Å². The normalized spacial score (nSPS) is 15.4. The summed E-state index contributed by atoms with van der Waals surface area (Å²) < 4.78 is 23.7. The third-order valence-electron chi connectivity index (χ3n) is 2.62. The largest absolute Gasteiger partial charge is 0.453 e. The van der Waals surface area contributed by atoms with Crippen LogP contribution in [0.4, 0.5) is 4.39 Å². The first-order valence-corrected chi connectivity index (χ1v) is 5.01. The molecule has 1 heterocycles. The van der Waals surface area contributed by atoms with E-state index in [9.17, 15) is 4.39 Å². The first-order valence-electron chi connectivity index (χ1n) is 5.01. The van der Waals surface area contributed by atoms with Gasteiger partial charge in [-0.3, -0.25) is 0 Å². The van der Waals surface area contributed by atoms with E-state index in [0.717, 1.165) is 12.0 Å². The molecule has 1 unspecified atom stereocenters. The fourth-order valence-electron chi connectivity index (χ4n) is 1.69. The van der Waals surface area contributed by atoms with Crippen molar-refractivity contribution in [2.75, 3.05) is 13.3 Å². The quantitative estimate of drug-likeness (QED) is 0.831. The molecule has 0 radical (unpaired) electrons. The molecule has 82 valence electrons. The molecule has 0 spiro atoms. The molecule has 1 atom stereocenters. The second-order valence-electron chi connectivity index (χ2n) is 3.71. The van der Waals surface area contributed by atoms with Crippen LogP contribution in [0, 0.1) is 5.82 Å². The molecule has 0 fully saturated rings. The van der Waals surface area contributed by atoms with Gasteiger partial charge in [0.2, 0.25) is 12.5 Å². The van der Waals surface area contributed by atoms with Crippen LogP contribution in [0.15, 0.2) is 12.1 Å². The summed E-state index contributed by atoms with van der Waals surface area (Å²) in [5.41, 5.74) is 6.37. The lowest BCUT2D eigenvalue weighted by molar-refractivity contribution is 0.171. The smallest absolute Gasteiger partial charge is 0.231 e. The topological polar surface area (TPSA) is 44.5 Å². The molecule has 2 rings (SSSR count). The van der Waals surface area contributed by atoms with Crippen molar-refractivity contribution < 1.29 is 13.9 Å². The number of rotatable bonds is 3. The first-order chi connectivity index (χ1) is 7.22. The van der Waals surface area contributed by atoms with Crippen molar-refractivity contribution >= 4 is 0 Å². The van der Waals surface area contributed by atoms with Gasteiger partial charge in [-0.05, 0) is 36.6 Å². The average molecular weight is 211 g/mol. The zero-order valence-electron chi connectivity index (χ0n) is 8.63. The van der Waals surface area contributed by atoms with Crippen LogP contribution in [0.25, 0.3) is 0 Å². The Morgan fingerprint density at radius 3 is 3.00 bits per heavy atom. The molecule has 1 aliphatic heterocycles. The average Bonchev–Trinajstić information content (AvgIpc) is 2.66. The van der Waals surface area contributed by atoms with Crippen molar-refractivity contribution in [3.63, 3.8) is 0 Å². The number of fused-ring (bicyclic) bond motifs is 1. The Morgan fingerprint density at radius 1 is 1.47 bits per heavy atom. The van der Waals surface area contributed by atoms with Gasteiger partial charge in [0.15, 0.2) is 11.6 Å². The van der Waals surface area contributed by atoms with Gasteiger partial charge in [-0.25, -0.2) is 4.39 Å². The predicted molar refractivity (Wildman–Crippen MR) is 54.6 cm³/mol. The number of nitrogens with two attached hydrogens (primary N) is 1. The van der Waals surface area contributed by atoms with Gasteiger partial charge >= 0.3 is 0 Å².